The number of hydrogen-bond donors (Lipinski definition) is 0. The molecule has 0 aliphatic rings. The summed E-state index contributed by atoms with van der Waals surface area (Å²) >= 11 is -1.72. The molecule has 0 bridgehead atoms. The molecule has 0 unspecified atom stereocenters. The summed E-state index contributed by atoms with van der Waals surface area (Å²) in [7, 11) is 8.78. The van der Waals surface area contributed by atoms with Crippen molar-refractivity contribution in [3.8, 4) is 0 Å². The van der Waals surface area contributed by atoms with E-state index < -0.39 is 18.4 Å². The van der Waals surface area contributed by atoms with Gasteiger partial charge in [-0.2, -0.15) is 0 Å². The predicted molar refractivity (Wildman–Crippen MR) is 82.7 cm³/mol. The van der Waals surface area contributed by atoms with Crippen molar-refractivity contribution in [1.29, 1.82) is 0 Å². The van der Waals surface area contributed by atoms with Crippen molar-refractivity contribution >= 4 is 18.4 Å². The van der Waals surface area contributed by atoms with Crippen molar-refractivity contribution < 1.29 is 0 Å². The molecule has 0 aliphatic heterocycles. The molecule has 0 N–H and O–H groups in total. The van der Waals surface area contributed by atoms with Gasteiger partial charge in [-0.15, -0.1) is 0 Å². The fourth-order valence-electron chi connectivity index (χ4n) is 2.62. The number of rotatable bonds is 10. The summed E-state index contributed by atoms with van der Waals surface area (Å²) in [5.74, 6) is 0. The SMILES string of the molecule is C[CH2][Sn]([CH2]C)([CH2]CCN(C)C)[CH2]CCN(C)C. The maximum atomic E-state index is 2.46. The molecule has 0 aromatic rings. The van der Waals surface area contributed by atoms with Crippen molar-refractivity contribution in [2.45, 2.75) is 44.4 Å². The van der Waals surface area contributed by atoms with Gasteiger partial charge >= 0.3 is 114 Å². The minimum atomic E-state index is -1.72. The van der Waals surface area contributed by atoms with Gasteiger partial charge in [-0.1, -0.05) is 0 Å². The molecule has 0 rings (SSSR count). The number of nitrogens with zero attached hydrogens (tertiary/aromatic N) is 2. The molecule has 0 radical (unpaired) electrons. The Morgan fingerprint density at radius 3 is 1.29 bits per heavy atom. The second kappa shape index (κ2) is 9.62. The van der Waals surface area contributed by atoms with E-state index in [0.717, 1.165) is 0 Å². The number of hydrogen-bond acceptors (Lipinski definition) is 2. The van der Waals surface area contributed by atoms with E-state index in [2.05, 4.69) is 51.8 Å². The Hall–Kier alpha value is 0.719. The van der Waals surface area contributed by atoms with Crippen molar-refractivity contribution in [3.63, 3.8) is 0 Å². The van der Waals surface area contributed by atoms with Gasteiger partial charge in [0.2, 0.25) is 0 Å². The Morgan fingerprint density at radius 2 is 1.06 bits per heavy atom. The summed E-state index contributed by atoms with van der Waals surface area (Å²) in [6, 6.07) is 0. The summed E-state index contributed by atoms with van der Waals surface area (Å²) in [6.07, 6.45) is 2.87. The van der Waals surface area contributed by atoms with E-state index in [1.54, 1.807) is 17.7 Å². The van der Waals surface area contributed by atoms with Crippen LogP contribution in [0.4, 0.5) is 0 Å². The molecule has 0 atom stereocenters. The van der Waals surface area contributed by atoms with E-state index >= 15 is 0 Å². The molecule has 0 amide bonds. The molecule has 0 heterocycles. The Balaban J connectivity index is 4.06. The first kappa shape index (κ1) is 17.7. The van der Waals surface area contributed by atoms with Gasteiger partial charge in [0.15, 0.2) is 0 Å². The van der Waals surface area contributed by atoms with Crippen LogP contribution in [0.15, 0.2) is 0 Å². The third-order valence-electron chi connectivity index (χ3n) is 4.12. The van der Waals surface area contributed by atoms with Gasteiger partial charge in [0, 0.05) is 0 Å². The first-order valence-corrected chi connectivity index (χ1v) is 15.3. The van der Waals surface area contributed by atoms with Gasteiger partial charge in [-0.05, 0) is 0 Å². The normalized spacial score (nSPS) is 12.7. The van der Waals surface area contributed by atoms with Gasteiger partial charge in [0.05, 0.1) is 0 Å². The molecule has 0 saturated carbocycles. The van der Waals surface area contributed by atoms with Crippen molar-refractivity contribution in [3.05, 3.63) is 0 Å². The molecular formula is C14H34N2Sn. The Morgan fingerprint density at radius 1 is 0.706 bits per heavy atom. The monoisotopic (exact) mass is 350 g/mol. The Bertz CT molecular complexity index is 161. The average Bonchev–Trinajstić information content (AvgIpc) is 2.26. The minimum absolute atomic E-state index is 1.28. The molecular weight excluding hydrogens is 315 g/mol. The fraction of sp³-hybridized carbons (Fsp3) is 1.00. The van der Waals surface area contributed by atoms with Crippen LogP contribution in [0.2, 0.25) is 17.7 Å². The van der Waals surface area contributed by atoms with Gasteiger partial charge in [-0.3, -0.25) is 0 Å². The molecule has 2 nitrogen and oxygen atoms in total. The van der Waals surface area contributed by atoms with E-state index in [0.29, 0.717) is 0 Å². The zero-order valence-corrected chi connectivity index (χ0v) is 15.9. The van der Waals surface area contributed by atoms with E-state index in [1.807, 2.05) is 0 Å². The van der Waals surface area contributed by atoms with Gasteiger partial charge in [0.1, 0.15) is 0 Å². The van der Waals surface area contributed by atoms with Gasteiger partial charge < -0.3 is 0 Å². The van der Waals surface area contributed by atoms with Crippen LogP contribution >= 0.6 is 0 Å². The Kier molecular flexibility index (Phi) is 10.0. The summed E-state index contributed by atoms with van der Waals surface area (Å²) in [4.78, 5) is 4.67. The molecule has 0 aliphatic carbocycles. The second-order valence-corrected chi connectivity index (χ2v) is 21.5. The van der Waals surface area contributed by atoms with Crippen molar-refractivity contribution in [1.82, 2.24) is 9.80 Å². The van der Waals surface area contributed by atoms with Crippen molar-refractivity contribution in [2.24, 2.45) is 0 Å². The molecule has 104 valence electrons. The third-order valence-corrected chi connectivity index (χ3v) is 20.8. The standard InChI is InChI=1S/2C5H12N.2C2H5.Sn/c2*1-4-5-6(2)3;2*1-2;/h2*1,4-5H2,2-3H3;2*1H2,2H3;. The summed E-state index contributed by atoms with van der Waals surface area (Å²) in [6.45, 7) is 7.49. The van der Waals surface area contributed by atoms with Crippen LogP contribution in [0.3, 0.4) is 0 Å². The van der Waals surface area contributed by atoms with Gasteiger partial charge in [-0.25, -0.2) is 0 Å². The van der Waals surface area contributed by atoms with Crippen molar-refractivity contribution in [2.75, 3.05) is 41.3 Å². The quantitative estimate of drug-likeness (QED) is 0.558. The van der Waals surface area contributed by atoms with E-state index in [1.165, 1.54) is 25.9 Å². The van der Waals surface area contributed by atoms with Crippen LogP contribution < -0.4 is 0 Å². The van der Waals surface area contributed by atoms with E-state index in [-0.39, 0.29) is 0 Å². The topological polar surface area (TPSA) is 6.48 Å². The summed E-state index contributed by atoms with van der Waals surface area (Å²) in [5.41, 5.74) is 0. The average molecular weight is 349 g/mol. The van der Waals surface area contributed by atoms with E-state index in [4.69, 9.17) is 0 Å². The second-order valence-electron chi connectivity index (χ2n) is 6.02. The first-order chi connectivity index (χ1) is 7.95. The van der Waals surface area contributed by atoms with Crippen LogP contribution in [0.25, 0.3) is 0 Å². The summed E-state index contributed by atoms with van der Waals surface area (Å²) < 4.78 is 6.30. The zero-order valence-electron chi connectivity index (χ0n) is 13.1. The van der Waals surface area contributed by atoms with Crippen LogP contribution in [-0.2, 0) is 0 Å². The molecule has 0 aromatic carbocycles. The van der Waals surface area contributed by atoms with Crippen LogP contribution in [0, 0.1) is 0 Å². The molecule has 17 heavy (non-hydrogen) atoms. The molecule has 0 aromatic heterocycles. The van der Waals surface area contributed by atoms with Crippen LogP contribution in [-0.4, -0.2) is 69.5 Å². The Labute approximate surface area is 114 Å². The third kappa shape index (κ3) is 8.44. The summed E-state index contributed by atoms with van der Waals surface area (Å²) in [5, 5.41) is 0. The van der Waals surface area contributed by atoms with Gasteiger partial charge in [0.25, 0.3) is 0 Å². The maximum absolute atomic E-state index is 2.46. The molecule has 3 heteroatoms. The fourth-order valence-corrected chi connectivity index (χ4v) is 14.0. The molecule has 0 saturated heterocycles. The first-order valence-electron chi connectivity index (χ1n) is 7.25. The molecule has 0 spiro atoms. The van der Waals surface area contributed by atoms with Crippen LogP contribution in [0.1, 0.15) is 26.7 Å². The van der Waals surface area contributed by atoms with Crippen LogP contribution in [0.5, 0.6) is 0 Å². The zero-order chi connectivity index (χ0) is 13.3. The predicted octanol–water partition coefficient (Wildman–Crippen LogP) is 3.38. The van der Waals surface area contributed by atoms with E-state index in [9.17, 15) is 0 Å². The molecule has 0 fully saturated rings.